The molecule has 0 radical (unpaired) electrons. The number of aliphatic hydroxyl groups is 2. The van der Waals surface area contributed by atoms with Crippen molar-refractivity contribution in [3.63, 3.8) is 0 Å². The van der Waals surface area contributed by atoms with Gasteiger partial charge >= 0.3 is 35.3 Å². The van der Waals surface area contributed by atoms with Crippen LogP contribution in [0.25, 0.3) is 0 Å². The van der Waals surface area contributed by atoms with Crippen LogP contribution < -0.4 is 22.9 Å². The summed E-state index contributed by atoms with van der Waals surface area (Å²) in [5.41, 5.74) is 22.2. The molecule has 0 aromatic carbocycles. The molecule has 0 bridgehead atoms. The summed E-state index contributed by atoms with van der Waals surface area (Å²) in [6.45, 7) is 1.87. The third-order valence-corrected chi connectivity index (χ3v) is 4.57. The number of aliphatic hydroxyl groups excluding tert-OH is 2. The molecule has 0 aromatic rings. The van der Waals surface area contributed by atoms with Gasteiger partial charge in [0.2, 0.25) is 0 Å². The monoisotopic (exact) mass is 641 g/mol. The Morgan fingerprint density at radius 2 is 0.793 bits per heavy atom. The van der Waals surface area contributed by atoms with Crippen LogP contribution in [-0.4, -0.2) is 48.6 Å². The molecule has 9 heteroatoms. The van der Waals surface area contributed by atoms with E-state index in [0.29, 0.717) is 26.3 Å². The number of nitrogens with two attached hydrogens (primary N) is 4. The number of halogens is 2. The van der Waals surface area contributed by atoms with E-state index >= 15 is 0 Å². The van der Waals surface area contributed by atoms with Crippen molar-refractivity contribution in [1.29, 1.82) is 0 Å². The Labute approximate surface area is 196 Å². The van der Waals surface area contributed by atoms with Crippen molar-refractivity contribution < 1.29 is 26.7 Å². The third kappa shape index (κ3) is 40.0. The fraction of sp³-hybridized carbons (Fsp3) is 1.00. The zero-order valence-corrected chi connectivity index (χ0v) is 21.9. The van der Waals surface area contributed by atoms with E-state index in [-0.39, 0.29) is 12.1 Å². The molecule has 0 spiro atoms. The number of rotatable bonds is 18. The Morgan fingerprint density at radius 3 is 1.03 bits per heavy atom. The van der Waals surface area contributed by atoms with Crippen molar-refractivity contribution in [2.24, 2.45) is 22.9 Å². The second-order valence-corrected chi connectivity index (χ2v) is 10.6. The molecular weight excluding hydrogens is 594 g/mol. The predicted molar refractivity (Wildman–Crippen MR) is 125 cm³/mol. The van der Waals surface area contributed by atoms with Crippen molar-refractivity contribution in [1.82, 2.24) is 0 Å². The van der Waals surface area contributed by atoms with Gasteiger partial charge in [-0.1, -0.05) is 64.2 Å². The molecule has 0 saturated carbocycles. The van der Waals surface area contributed by atoms with Crippen LogP contribution >= 0.6 is 18.8 Å². The van der Waals surface area contributed by atoms with E-state index < -0.39 is 16.5 Å². The normalized spacial score (nSPS) is 12.6. The Morgan fingerprint density at radius 1 is 0.552 bits per heavy atom. The summed E-state index contributed by atoms with van der Waals surface area (Å²) in [4.78, 5) is 0. The van der Waals surface area contributed by atoms with Crippen LogP contribution in [0.4, 0.5) is 0 Å². The van der Waals surface area contributed by atoms with Gasteiger partial charge in [0.25, 0.3) is 0 Å². The molecule has 0 rings (SSSR count). The van der Waals surface area contributed by atoms with Crippen LogP contribution in [0.5, 0.6) is 0 Å². The Kier molecular flexibility index (Phi) is 40.2. The quantitative estimate of drug-likeness (QED) is 0.127. The molecule has 2 atom stereocenters. The molecule has 29 heavy (non-hydrogen) atoms. The van der Waals surface area contributed by atoms with Crippen LogP contribution in [0.3, 0.4) is 0 Å². The molecule has 182 valence electrons. The van der Waals surface area contributed by atoms with Gasteiger partial charge in [0.15, 0.2) is 0 Å². The van der Waals surface area contributed by atoms with Crippen molar-refractivity contribution in [3.05, 3.63) is 0 Å². The van der Waals surface area contributed by atoms with E-state index in [0.717, 1.165) is 38.5 Å². The summed E-state index contributed by atoms with van der Waals surface area (Å²) in [7, 11) is 9.75. The predicted octanol–water partition coefficient (Wildman–Crippen LogP) is 3.37. The van der Waals surface area contributed by atoms with Crippen molar-refractivity contribution in [3.8, 4) is 0 Å². The topological polar surface area (TPSA) is 145 Å². The average Bonchev–Trinajstić information content (AvgIpc) is 2.73. The Hall–Kier alpha value is 1.03. The first-order valence-electron chi connectivity index (χ1n) is 11.0. The summed E-state index contributed by atoms with van der Waals surface area (Å²) in [5, 5.41) is 17.1. The Balaban J connectivity index is -0.000000410. The zero-order chi connectivity index (χ0) is 22.6. The average molecular weight is 643 g/mol. The van der Waals surface area contributed by atoms with Gasteiger partial charge < -0.3 is 33.1 Å². The molecule has 2 unspecified atom stereocenters. The fourth-order valence-electron chi connectivity index (χ4n) is 2.69. The van der Waals surface area contributed by atoms with Crippen molar-refractivity contribution in [2.75, 3.05) is 26.3 Å². The van der Waals surface area contributed by atoms with E-state index in [9.17, 15) is 0 Å². The molecule has 10 N–H and O–H groups in total. The number of hydrogen-bond donors (Lipinski definition) is 6. The van der Waals surface area contributed by atoms with Gasteiger partial charge in [0.1, 0.15) is 0 Å². The van der Waals surface area contributed by atoms with Crippen LogP contribution in [0, 0.1) is 0 Å². The van der Waals surface area contributed by atoms with Gasteiger partial charge in [-0.25, -0.2) is 0 Å². The molecule has 6 nitrogen and oxygen atoms in total. The summed E-state index contributed by atoms with van der Waals surface area (Å²) in [6, 6.07) is 0.384. The van der Waals surface area contributed by atoms with Crippen LogP contribution in [-0.2, 0) is 16.5 Å². The minimum atomic E-state index is -0.472. The van der Waals surface area contributed by atoms with Gasteiger partial charge in [0.05, 0.1) is 0 Å². The molecule has 0 heterocycles. The maximum absolute atomic E-state index is 8.54. The molecule has 0 aliphatic rings. The Bertz CT molecular complexity index is 251. The van der Waals surface area contributed by atoms with Crippen molar-refractivity contribution in [2.45, 2.75) is 102 Å². The second kappa shape index (κ2) is 33.7. The van der Waals surface area contributed by atoms with Crippen LogP contribution in [0.1, 0.15) is 89.9 Å². The number of unbranched alkanes of at least 4 members (excludes halogenated alkanes) is 10. The first kappa shape index (κ1) is 34.6. The standard InChI is InChI=1S/2C10H24N2O.2ClH.Pt/c2*11-9-10(12)7-5-3-1-2-4-6-8-13;;;/h2*10,13H,1-9,11-12H2;2*1H;/q;;;;+4/p-2. The van der Waals surface area contributed by atoms with E-state index in [1.165, 1.54) is 51.4 Å². The maximum atomic E-state index is 8.54. The molecule has 0 aromatic heterocycles. The molecule has 0 amide bonds. The van der Waals surface area contributed by atoms with Gasteiger partial charge in [-0.3, -0.25) is 0 Å². The minimum absolute atomic E-state index is 0.192. The molecule has 0 aliphatic heterocycles. The zero-order valence-electron chi connectivity index (χ0n) is 18.2. The fourth-order valence-corrected chi connectivity index (χ4v) is 2.69. The van der Waals surface area contributed by atoms with E-state index in [2.05, 4.69) is 0 Å². The van der Waals surface area contributed by atoms with Gasteiger partial charge in [0, 0.05) is 38.4 Å². The van der Waals surface area contributed by atoms with E-state index in [1.54, 1.807) is 0 Å². The second-order valence-electron chi connectivity index (χ2n) is 7.30. The first-order valence-corrected chi connectivity index (χ1v) is 16.6. The van der Waals surface area contributed by atoms with E-state index in [4.69, 9.17) is 52.0 Å². The first-order chi connectivity index (χ1) is 14.0. The van der Waals surface area contributed by atoms with Gasteiger partial charge in [-0.15, -0.1) is 0 Å². The summed E-state index contributed by atoms with van der Waals surface area (Å²) < 4.78 is 0. The SMILES string of the molecule is NCC(N)CCCCCCCCO.NCC(N)CCCCCCCCO.[Cl][Pt+2][Cl]. The molecule has 0 fully saturated rings. The van der Waals surface area contributed by atoms with Gasteiger partial charge in [-0.2, -0.15) is 0 Å². The summed E-state index contributed by atoms with van der Waals surface area (Å²) in [6.07, 6.45) is 16.2. The third-order valence-electron chi connectivity index (χ3n) is 4.57. The molecule has 0 saturated heterocycles. The van der Waals surface area contributed by atoms with Crippen molar-refractivity contribution >= 4 is 18.8 Å². The van der Waals surface area contributed by atoms with Crippen LogP contribution in [0.15, 0.2) is 0 Å². The molecular formula is C20H48Cl2N4O2Pt+2. The van der Waals surface area contributed by atoms with Crippen LogP contribution in [0.2, 0.25) is 0 Å². The summed E-state index contributed by atoms with van der Waals surface area (Å²) in [5.74, 6) is 0. The summed E-state index contributed by atoms with van der Waals surface area (Å²) >= 11 is -0.472. The number of hydrogen-bond acceptors (Lipinski definition) is 6. The molecule has 0 aliphatic carbocycles. The van der Waals surface area contributed by atoms with Gasteiger partial charge in [-0.05, 0) is 25.7 Å². The van der Waals surface area contributed by atoms with E-state index in [1.807, 2.05) is 0 Å².